The highest BCUT2D eigenvalue weighted by molar-refractivity contribution is 5.29. The Balaban J connectivity index is 2.70. The van der Waals surface area contributed by atoms with Crippen LogP contribution in [-0.4, -0.2) is 36.2 Å². The van der Waals surface area contributed by atoms with Crippen molar-refractivity contribution in [1.82, 2.24) is 4.90 Å². The SMILES string of the molecule is CCCCN(CC(O)c1cccc(OC)c1)C(C)CC. The third kappa shape index (κ3) is 5.14. The lowest BCUT2D eigenvalue weighted by Crippen LogP contribution is -2.37. The average molecular weight is 279 g/mol. The van der Waals surface area contributed by atoms with E-state index in [0.29, 0.717) is 12.6 Å². The largest absolute Gasteiger partial charge is 0.497 e. The van der Waals surface area contributed by atoms with Crippen LogP contribution in [0.1, 0.15) is 51.7 Å². The first-order valence-corrected chi connectivity index (χ1v) is 7.68. The molecule has 0 aliphatic rings. The van der Waals surface area contributed by atoms with E-state index in [1.165, 1.54) is 12.8 Å². The Morgan fingerprint density at radius 3 is 2.65 bits per heavy atom. The summed E-state index contributed by atoms with van der Waals surface area (Å²) in [6, 6.07) is 8.21. The second-order valence-corrected chi connectivity index (χ2v) is 5.40. The molecule has 114 valence electrons. The topological polar surface area (TPSA) is 32.7 Å². The van der Waals surface area contributed by atoms with Crippen molar-refractivity contribution < 1.29 is 9.84 Å². The minimum atomic E-state index is -0.462. The highest BCUT2D eigenvalue weighted by Gasteiger charge is 2.17. The van der Waals surface area contributed by atoms with Crippen molar-refractivity contribution in [3.63, 3.8) is 0 Å². The summed E-state index contributed by atoms with van der Waals surface area (Å²) in [7, 11) is 1.65. The van der Waals surface area contributed by atoms with Crippen LogP contribution >= 0.6 is 0 Å². The van der Waals surface area contributed by atoms with E-state index in [1.54, 1.807) is 7.11 Å². The second kappa shape index (κ2) is 8.98. The van der Waals surface area contributed by atoms with Gasteiger partial charge < -0.3 is 9.84 Å². The molecule has 0 spiro atoms. The Morgan fingerprint density at radius 2 is 2.05 bits per heavy atom. The third-order valence-electron chi connectivity index (χ3n) is 3.90. The highest BCUT2D eigenvalue weighted by atomic mass is 16.5. The summed E-state index contributed by atoms with van der Waals surface area (Å²) >= 11 is 0. The van der Waals surface area contributed by atoms with Gasteiger partial charge in [-0.2, -0.15) is 0 Å². The molecule has 1 rings (SSSR count). The van der Waals surface area contributed by atoms with Gasteiger partial charge in [0, 0.05) is 12.6 Å². The summed E-state index contributed by atoms with van der Waals surface area (Å²) in [5, 5.41) is 10.5. The summed E-state index contributed by atoms with van der Waals surface area (Å²) in [6.45, 7) is 8.36. The van der Waals surface area contributed by atoms with Gasteiger partial charge in [-0.05, 0) is 44.0 Å². The Morgan fingerprint density at radius 1 is 1.30 bits per heavy atom. The van der Waals surface area contributed by atoms with Gasteiger partial charge in [-0.15, -0.1) is 0 Å². The zero-order valence-corrected chi connectivity index (χ0v) is 13.3. The third-order valence-corrected chi connectivity index (χ3v) is 3.90. The molecule has 0 fully saturated rings. The summed E-state index contributed by atoms with van der Waals surface area (Å²) in [6.07, 6.45) is 3.00. The number of unbranched alkanes of at least 4 members (excludes halogenated alkanes) is 1. The summed E-state index contributed by atoms with van der Waals surface area (Å²) < 4.78 is 5.22. The molecule has 3 nitrogen and oxygen atoms in total. The van der Waals surface area contributed by atoms with Crippen molar-refractivity contribution in [2.75, 3.05) is 20.2 Å². The van der Waals surface area contributed by atoms with Crippen molar-refractivity contribution in [1.29, 1.82) is 0 Å². The normalized spacial score (nSPS) is 14.3. The molecule has 0 saturated carbocycles. The first-order valence-electron chi connectivity index (χ1n) is 7.68. The Labute approximate surface area is 123 Å². The molecule has 1 N–H and O–H groups in total. The maximum atomic E-state index is 10.5. The molecule has 0 amide bonds. The van der Waals surface area contributed by atoms with Crippen LogP contribution in [0.25, 0.3) is 0 Å². The molecule has 0 bridgehead atoms. The molecule has 2 atom stereocenters. The smallest absolute Gasteiger partial charge is 0.119 e. The summed E-state index contributed by atoms with van der Waals surface area (Å²) in [5.41, 5.74) is 0.925. The number of aliphatic hydroxyl groups is 1. The predicted molar refractivity (Wildman–Crippen MR) is 84.2 cm³/mol. The Kier molecular flexibility index (Phi) is 7.63. The van der Waals surface area contributed by atoms with E-state index in [4.69, 9.17) is 4.74 Å². The van der Waals surface area contributed by atoms with Crippen molar-refractivity contribution in [2.45, 2.75) is 52.2 Å². The first kappa shape index (κ1) is 17.0. The van der Waals surface area contributed by atoms with E-state index in [0.717, 1.165) is 24.3 Å². The van der Waals surface area contributed by atoms with Crippen molar-refractivity contribution >= 4 is 0 Å². The van der Waals surface area contributed by atoms with E-state index < -0.39 is 6.10 Å². The number of hydrogen-bond donors (Lipinski definition) is 1. The number of hydrogen-bond acceptors (Lipinski definition) is 3. The molecule has 0 aliphatic carbocycles. The van der Waals surface area contributed by atoms with Crippen LogP contribution in [0.4, 0.5) is 0 Å². The van der Waals surface area contributed by atoms with Crippen LogP contribution in [0, 0.1) is 0 Å². The average Bonchev–Trinajstić information content (AvgIpc) is 2.50. The first-order chi connectivity index (χ1) is 9.62. The van der Waals surface area contributed by atoms with E-state index in [2.05, 4.69) is 25.7 Å². The van der Waals surface area contributed by atoms with E-state index in [-0.39, 0.29) is 0 Å². The molecule has 0 aromatic heterocycles. The number of rotatable bonds is 9. The molecule has 3 heteroatoms. The minimum absolute atomic E-state index is 0.462. The van der Waals surface area contributed by atoms with Gasteiger partial charge >= 0.3 is 0 Å². The monoisotopic (exact) mass is 279 g/mol. The van der Waals surface area contributed by atoms with Crippen molar-refractivity contribution in [3.8, 4) is 5.75 Å². The lowest BCUT2D eigenvalue weighted by atomic mass is 10.1. The molecule has 0 aliphatic heterocycles. The number of benzene rings is 1. The zero-order chi connectivity index (χ0) is 15.0. The van der Waals surface area contributed by atoms with Crippen molar-refractivity contribution in [2.24, 2.45) is 0 Å². The maximum Gasteiger partial charge on any atom is 0.119 e. The van der Waals surface area contributed by atoms with Gasteiger partial charge in [0.15, 0.2) is 0 Å². The minimum Gasteiger partial charge on any atom is -0.497 e. The molecule has 1 aromatic carbocycles. The van der Waals surface area contributed by atoms with Crippen LogP contribution < -0.4 is 4.74 Å². The van der Waals surface area contributed by atoms with Gasteiger partial charge in [-0.25, -0.2) is 0 Å². The molecule has 0 saturated heterocycles. The molecule has 2 unspecified atom stereocenters. The molecule has 20 heavy (non-hydrogen) atoms. The van der Waals surface area contributed by atoms with Gasteiger partial charge in [0.1, 0.15) is 5.75 Å². The predicted octanol–water partition coefficient (Wildman–Crippen LogP) is 3.63. The van der Waals surface area contributed by atoms with E-state index in [9.17, 15) is 5.11 Å². The van der Waals surface area contributed by atoms with Crippen LogP contribution in [0.15, 0.2) is 24.3 Å². The van der Waals surface area contributed by atoms with Crippen molar-refractivity contribution in [3.05, 3.63) is 29.8 Å². The van der Waals surface area contributed by atoms with E-state index >= 15 is 0 Å². The number of aliphatic hydroxyl groups excluding tert-OH is 1. The lowest BCUT2D eigenvalue weighted by molar-refractivity contribution is 0.0885. The Bertz CT molecular complexity index is 381. The fourth-order valence-electron chi connectivity index (χ4n) is 2.29. The van der Waals surface area contributed by atoms with Gasteiger partial charge in [0.05, 0.1) is 13.2 Å². The molecular weight excluding hydrogens is 250 g/mol. The van der Waals surface area contributed by atoms with Gasteiger partial charge in [0.25, 0.3) is 0 Å². The zero-order valence-electron chi connectivity index (χ0n) is 13.3. The standard InChI is InChI=1S/C17H29NO2/c1-5-7-11-18(14(3)6-2)13-17(19)15-9-8-10-16(12-15)20-4/h8-10,12,14,17,19H,5-7,11,13H2,1-4H3. The fraction of sp³-hybridized carbons (Fsp3) is 0.647. The molecule has 0 radical (unpaired) electrons. The highest BCUT2D eigenvalue weighted by Crippen LogP contribution is 2.21. The summed E-state index contributed by atoms with van der Waals surface area (Å²) in [5.74, 6) is 0.796. The number of nitrogens with zero attached hydrogens (tertiary/aromatic N) is 1. The number of ether oxygens (including phenoxy) is 1. The van der Waals surface area contributed by atoms with Crippen LogP contribution in [0.3, 0.4) is 0 Å². The van der Waals surface area contributed by atoms with Crippen LogP contribution in [-0.2, 0) is 0 Å². The fourth-order valence-corrected chi connectivity index (χ4v) is 2.29. The Hall–Kier alpha value is -1.06. The second-order valence-electron chi connectivity index (χ2n) is 5.40. The number of methoxy groups -OCH3 is 1. The maximum absolute atomic E-state index is 10.5. The van der Waals surface area contributed by atoms with Gasteiger partial charge in [-0.1, -0.05) is 32.4 Å². The van der Waals surface area contributed by atoms with Crippen LogP contribution in [0.5, 0.6) is 5.75 Å². The van der Waals surface area contributed by atoms with E-state index in [1.807, 2.05) is 24.3 Å². The van der Waals surface area contributed by atoms with Gasteiger partial charge in [-0.3, -0.25) is 4.90 Å². The molecular formula is C17H29NO2. The summed E-state index contributed by atoms with van der Waals surface area (Å²) in [4.78, 5) is 2.38. The lowest BCUT2D eigenvalue weighted by Gasteiger charge is -2.30. The molecule has 0 heterocycles. The van der Waals surface area contributed by atoms with Crippen LogP contribution in [0.2, 0.25) is 0 Å². The van der Waals surface area contributed by atoms with Gasteiger partial charge in [0.2, 0.25) is 0 Å². The molecule has 1 aromatic rings. The quantitative estimate of drug-likeness (QED) is 0.749.